The highest BCUT2D eigenvalue weighted by Crippen LogP contribution is 2.19. The number of hydrogen-bond acceptors (Lipinski definition) is 4. The van der Waals surface area contributed by atoms with Crippen molar-refractivity contribution in [2.24, 2.45) is 13.0 Å². The summed E-state index contributed by atoms with van der Waals surface area (Å²) in [6, 6.07) is 0.285. The minimum absolute atomic E-state index is 0.0112. The summed E-state index contributed by atoms with van der Waals surface area (Å²) >= 11 is 0. The quantitative estimate of drug-likeness (QED) is 0.903. The van der Waals surface area contributed by atoms with Crippen molar-refractivity contribution in [1.82, 2.24) is 19.8 Å². The van der Waals surface area contributed by atoms with Crippen LogP contribution in [0, 0.1) is 5.92 Å². The molecule has 0 aliphatic carbocycles. The van der Waals surface area contributed by atoms with Crippen molar-refractivity contribution in [3.8, 4) is 0 Å². The Kier molecular flexibility index (Phi) is 5.10. The number of likely N-dealkylation sites (tertiary alicyclic amines) is 1. The molecule has 6 heteroatoms. The lowest BCUT2D eigenvalue weighted by Crippen LogP contribution is -2.46. The third-order valence-electron chi connectivity index (χ3n) is 4.83. The number of piperidine rings is 1. The van der Waals surface area contributed by atoms with Gasteiger partial charge in [0.2, 0.25) is 0 Å². The SMILES string of the molecule is Cn1cncc1C(=O)NC1CCN(CC2CCOCC2)CC1. The molecule has 2 aliphatic heterocycles. The second-order valence-corrected chi connectivity index (χ2v) is 6.49. The first-order chi connectivity index (χ1) is 10.7. The minimum Gasteiger partial charge on any atom is -0.381 e. The largest absolute Gasteiger partial charge is 0.381 e. The summed E-state index contributed by atoms with van der Waals surface area (Å²) < 4.78 is 7.18. The van der Waals surface area contributed by atoms with Crippen molar-refractivity contribution in [3.05, 3.63) is 18.2 Å². The molecule has 0 saturated carbocycles. The van der Waals surface area contributed by atoms with Gasteiger partial charge in [-0.1, -0.05) is 0 Å². The zero-order chi connectivity index (χ0) is 15.4. The summed E-state index contributed by atoms with van der Waals surface area (Å²) in [6.07, 6.45) is 7.73. The Bertz CT molecular complexity index is 488. The molecule has 0 atom stereocenters. The number of carbonyl (C=O) groups excluding carboxylic acids is 1. The number of aromatic nitrogens is 2. The van der Waals surface area contributed by atoms with E-state index in [0.29, 0.717) is 5.69 Å². The highest BCUT2D eigenvalue weighted by Gasteiger charge is 2.24. The van der Waals surface area contributed by atoms with Crippen LogP contribution in [0.15, 0.2) is 12.5 Å². The zero-order valence-corrected chi connectivity index (χ0v) is 13.3. The van der Waals surface area contributed by atoms with E-state index >= 15 is 0 Å². The van der Waals surface area contributed by atoms with E-state index in [1.165, 1.54) is 19.4 Å². The first-order valence-electron chi connectivity index (χ1n) is 8.29. The Labute approximate surface area is 131 Å². The maximum absolute atomic E-state index is 12.2. The van der Waals surface area contributed by atoms with Crippen molar-refractivity contribution in [1.29, 1.82) is 0 Å². The summed E-state index contributed by atoms with van der Waals surface area (Å²) in [5, 5.41) is 3.14. The normalized spacial score (nSPS) is 21.9. The third-order valence-corrected chi connectivity index (χ3v) is 4.83. The van der Waals surface area contributed by atoms with E-state index in [-0.39, 0.29) is 11.9 Å². The van der Waals surface area contributed by atoms with Gasteiger partial charge in [-0.15, -0.1) is 0 Å². The number of nitrogens with one attached hydrogen (secondary N) is 1. The first kappa shape index (κ1) is 15.5. The number of amides is 1. The molecule has 0 unspecified atom stereocenters. The molecule has 0 bridgehead atoms. The fourth-order valence-corrected chi connectivity index (χ4v) is 3.39. The van der Waals surface area contributed by atoms with Crippen molar-refractivity contribution < 1.29 is 9.53 Å². The molecule has 1 N–H and O–H groups in total. The van der Waals surface area contributed by atoms with Gasteiger partial charge in [-0.2, -0.15) is 0 Å². The molecule has 1 amide bonds. The number of aryl methyl sites for hydroxylation is 1. The number of ether oxygens (including phenoxy) is 1. The average Bonchev–Trinajstić information content (AvgIpc) is 2.96. The summed E-state index contributed by atoms with van der Waals surface area (Å²) in [5.41, 5.74) is 0.629. The molecule has 0 aromatic carbocycles. The maximum Gasteiger partial charge on any atom is 0.269 e. The predicted molar refractivity (Wildman–Crippen MR) is 83.7 cm³/mol. The van der Waals surface area contributed by atoms with Crippen LogP contribution in [-0.4, -0.2) is 59.2 Å². The topological polar surface area (TPSA) is 59.4 Å². The van der Waals surface area contributed by atoms with E-state index in [2.05, 4.69) is 15.2 Å². The molecule has 2 aliphatic rings. The summed E-state index contributed by atoms with van der Waals surface area (Å²) in [7, 11) is 1.85. The number of rotatable bonds is 4. The lowest BCUT2D eigenvalue weighted by molar-refractivity contribution is 0.0477. The molecular weight excluding hydrogens is 280 g/mol. The van der Waals surface area contributed by atoms with Gasteiger partial charge in [-0.25, -0.2) is 4.98 Å². The lowest BCUT2D eigenvalue weighted by atomic mass is 9.97. The standard InChI is InChI=1S/C16H26N4O2/c1-19-12-17-10-15(19)16(21)18-14-2-6-20(7-3-14)11-13-4-8-22-9-5-13/h10,12-14H,2-9,11H2,1H3,(H,18,21). The van der Waals surface area contributed by atoms with Gasteiger partial charge in [0.1, 0.15) is 5.69 Å². The van der Waals surface area contributed by atoms with Crippen LogP contribution in [-0.2, 0) is 11.8 Å². The fraction of sp³-hybridized carbons (Fsp3) is 0.750. The van der Waals surface area contributed by atoms with Crippen LogP contribution in [0.5, 0.6) is 0 Å². The van der Waals surface area contributed by atoms with Crippen molar-refractivity contribution >= 4 is 5.91 Å². The molecule has 3 rings (SSSR count). The van der Waals surface area contributed by atoms with Gasteiger partial charge < -0.3 is 19.5 Å². The number of hydrogen-bond donors (Lipinski definition) is 1. The molecule has 2 saturated heterocycles. The van der Waals surface area contributed by atoms with Gasteiger partial charge in [0.15, 0.2) is 0 Å². The molecule has 122 valence electrons. The zero-order valence-electron chi connectivity index (χ0n) is 13.3. The van der Waals surface area contributed by atoms with Gasteiger partial charge in [0.25, 0.3) is 5.91 Å². The van der Waals surface area contributed by atoms with E-state index in [1.54, 1.807) is 17.1 Å². The number of imidazole rings is 1. The van der Waals surface area contributed by atoms with Crippen molar-refractivity contribution in [2.45, 2.75) is 31.7 Å². The monoisotopic (exact) mass is 306 g/mol. The van der Waals surface area contributed by atoms with Crippen LogP contribution in [0.3, 0.4) is 0 Å². The Morgan fingerprint density at radius 3 is 2.68 bits per heavy atom. The van der Waals surface area contributed by atoms with Gasteiger partial charge in [-0.3, -0.25) is 4.79 Å². The highest BCUT2D eigenvalue weighted by atomic mass is 16.5. The predicted octanol–water partition coefficient (Wildman–Crippen LogP) is 1.04. The first-order valence-corrected chi connectivity index (χ1v) is 8.29. The molecule has 0 spiro atoms. The Morgan fingerprint density at radius 2 is 2.05 bits per heavy atom. The Hall–Kier alpha value is -1.40. The van der Waals surface area contributed by atoms with Crippen molar-refractivity contribution in [2.75, 3.05) is 32.8 Å². The van der Waals surface area contributed by atoms with Crippen LogP contribution < -0.4 is 5.32 Å². The third kappa shape index (κ3) is 3.87. The van der Waals surface area contributed by atoms with Crippen LogP contribution in [0.4, 0.5) is 0 Å². The smallest absolute Gasteiger partial charge is 0.269 e. The van der Waals surface area contributed by atoms with E-state index in [4.69, 9.17) is 4.74 Å². The molecule has 6 nitrogen and oxygen atoms in total. The second-order valence-electron chi connectivity index (χ2n) is 6.49. The molecule has 1 aromatic heterocycles. The molecule has 3 heterocycles. The molecular formula is C16H26N4O2. The highest BCUT2D eigenvalue weighted by molar-refractivity contribution is 5.92. The van der Waals surface area contributed by atoms with Crippen LogP contribution >= 0.6 is 0 Å². The van der Waals surface area contributed by atoms with E-state index in [0.717, 1.165) is 45.1 Å². The van der Waals surface area contributed by atoms with Gasteiger partial charge in [0, 0.05) is 45.9 Å². The van der Waals surface area contributed by atoms with Crippen molar-refractivity contribution in [3.63, 3.8) is 0 Å². The molecule has 2 fully saturated rings. The van der Waals surface area contributed by atoms with E-state index < -0.39 is 0 Å². The molecule has 22 heavy (non-hydrogen) atoms. The summed E-state index contributed by atoms with van der Waals surface area (Å²) in [4.78, 5) is 18.7. The fourth-order valence-electron chi connectivity index (χ4n) is 3.39. The second kappa shape index (κ2) is 7.24. The number of nitrogens with zero attached hydrogens (tertiary/aromatic N) is 3. The van der Waals surface area contributed by atoms with Gasteiger partial charge in [0.05, 0.1) is 12.5 Å². The van der Waals surface area contributed by atoms with Crippen LogP contribution in [0.2, 0.25) is 0 Å². The number of carbonyl (C=O) groups is 1. The summed E-state index contributed by atoms with van der Waals surface area (Å²) in [6.45, 7) is 5.18. The van der Waals surface area contributed by atoms with E-state index in [9.17, 15) is 4.79 Å². The Morgan fingerprint density at radius 1 is 1.32 bits per heavy atom. The average molecular weight is 306 g/mol. The van der Waals surface area contributed by atoms with Crippen LogP contribution in [0.1, 0.15) is 36.2 Å². The molecule has 0 radical (unpaired) electrons. The Balaban J connectivity index is 1.41. The lowest BCUT2D eigenvalue weighted by Gasteiger charge is -2.35. The van der Waals surface area contributed by atoms with E-state index in [1.807, 2.05) is 7.05 Å². The van der Waals surface area contributed by atoms with Gasteiger partial charge in [-0.05, 0) is 31.6 Å². The summed E-state index contributed by atoms with van der Waals surface area (Å²) in [5.74, 6) is 0.775. The maximum atomic E-state index is 12.2. The minimum atomic E-state index is -0.0112. The molecule has 1 aromatic rings. The van der Waals surface area contributed by atoms with Gasteiger partial charge >= 0.3 is 0 Å². The van der Waals surface area contributed by atoms with Crippen LogP contribution in [0.25, 0.3) is 0 Å².